The van der Waals surface area contributed by atoms with Crippen LogP contribution in [0.4, 0.5) is 5.69 Å². The summed E-state index contributed by atoms with van der Waals surface area (Å²) in [5.74, 6) is 1.52. The Bertz CT molecular complexity index is 532. The fraction of sp³-hybridized carbons (Fsp3) is 0.333. The monoisotopic (exact) mass is 273 g/mol. The second kappa shape index (κ2) is 7.33. The predicted molar refractivity (Wildman–Crippen MR) is 78.1 cm³/mol. The summed E-state index contributed by atoms with van der Waals surface area (Å²) in [5, 5.41) is 3.31. The third-order valence-electron chi connectivity index (χ3n) is 2.65. The van der Waals surface area contributed by atoms with Crippen molar-refractivity contribution in [2.75, 3.05) is 18.5 Å². The van der Waals surface area contributed by atoms with E-state index in [1.165, 1.54) is 6.33 Å². The van der Waals surface area contributed by atoms with Gasteiger partial charge in [-0.3, -0.25) is 0 Å². The molecule has 0 unspecified atom stereocenters. The number of hydrogen-bond donors (Lipinski definition) is 1. The molecule has 5 heteroatoms. The number of aromatic nitrogens is 2. The van der Waals surface area contributed by atoms with E-state index in [0.29, 0.717) is 19.8 Å². The van der Waals surface area contributed by atoms with Crippen molar-refractivity contribution in [2.24, 2.45) is 0 Å². The second-order valence-electron chi connectivity index (χ2n) is 4.13. The number of rotatable bonds is 7. The van der Waals surface area contributed by atoms with Gasteiger partial charge in [-0.15, -0.1) is 0 Å². The topological polar surface area (TPSA) is 56.3 Å². The number of nitrogens with zero attached hydrogens (tertiary/aromatic N) is 2. The van der Waals surface area contributed by atoms with Crippen LogP contribution in [0.2, 0.25) is 0 Å². The molecule has 1 heterocycles. The standard InChI is InChI=1S/C15H19N3O2/c1-3-19-14-6-5-13(7-15(14)20-4-2)18-10-12-8-16-11-17-9-12/h5-9,11,18H,3-4,10H2,1-2H3. The largest absolute Gasteiger partial charge is 0.490 e. The van der Waals surface area contributed by atoms with Crippen molar-refractivity contribution in [3.8, 4) is 11.5 Å². The van der Waals surface area contributed by atoms with Crippen molar-refractivity contribution in [3.05, 3.63) is 42.5 Å². The van der Waals surface area contributed by atoms with Gasteiger partial charge >= 0.3 is 0 Å². The number of benzene rings is 1. The van der Waals surface area contributed by atoms with Crippen molar-refractivity contribution in [3.63, 3.8) is 0 Å². The number of nitrogens with one attached hydrogen (secondary N) is 1. The first-order valence-electron chi connectivity index (χ1n) is 6.71. The third kappa shape index (κ3) is 3.85. The zero-order valence-corrected chi connectivity index (χ0v) is 11.8. The van der Waals surface area contributed by atoms with E-state index in [-0.39, 0.29) is 0 Å². The van der Waals surface area contributed by atoms with E-state index >= 15 is 0 Å². The highest BCUT2D eigenvalue weighted by Gasteiger charge is 2.06. The molecule has 2 aromatic rings. The van der Waals surface area contributed by atoms with E-state index in [0.717, 1.165) is 22.7 Å². The minimum Gasteiger partial charge on any atom is -0.490 e. The van der Waals surface area contributed by atoms with Gasteiger partial charge in [0.25, 0.3) is 0 Å². The normalized spacial score (nSPS) is 10.1. The summed E-state index contributed by atoms with van der Waals surface area (Å²) in [6.45, 7) is 5.80. The molecule has 0 radical (unpaired) electrons. The average Bonchev–Trinajstić information content (AvgIpc) is 2.49. The Balaban J connectivity index is 2.06. The predicted octanol–water partition coefficient (Wildman–Crippen LogP) is 2.89. The number of ether oxygens (including phenoxy) is 2. The Morgan fingerprint density at radius 2 is 1.70 bits per heavy atom. The zero-order valence-electron chi connectivity index (χ0n) is 11.8. The molecule has 0 fully saturated rings. The molecule has 0 bridgehead atoms. The van der Waals surface area contributed by atoms with E-state index in [2.05, 4.69) is 15.3 Å². The first-order valence-corrected chi connectivity index (χ1v) is 6.71. The van der Waals surface area contributed by atoms with Crippen LogP contribution in [0.5, 0.6) is 11.5 Å². The van der Waals surface area contributed by atoms with Gasteiger partial charge in [-0.05, 0) is 26.0 Å². The highest BCUT2D eigenvalue weighted by Crippen LogP contribution is 2.30. The molecule has 5 nitrogen and oxygen atoms in total. The molecule has 0 saturated heterocycles. The summed E-state index contributed by atoms with van der Waals surface area (Å²) in [7, 11) is 0. The molecule has 0 aliphatic heterocycles. The van der Waals surface area contributed by atoms with Crippen LogP contribution in [0.25, 0.3) is 0 Å². The van der Waals surface area contributed by atoms with E-state index in [1.807, 2.05) is 32.0 Å². The lowest BCUT2D eigenvalue weighted by Crippen LogP contribution is -2.02. The lowest BCUT2D eigenvalue weighted by molar-refractivity contribution is 0.288. The molecule has 0 aliphatic carbocycles. The van der Waals surface area contributed by atoms with Gasteiger partial charge in [-0.1, -0.05) is 0 Å². The van der Waals surface area contributed by atoms with Crippen LogP contribution >= 0.6 is 0 Å². The Labute approximate surface area is 119 Å². The smallest absolute Gasteiger partial charge is 0.163 e. The summed E-state index contributed by atoms with van der Waals surface area (Å²) in [5.41, 5.74) is 2.00. The van der Waals surface area contributed by atoms with E-state index < -0.39 is 0 Å². The van der Waals surface area contributed by atoms with Gasteiger partial charge in [0.15, 0.2) is 11.5 Å². The molecule has 1 aromatic carbocycles. The molecule has 106 valence electrons. The van der Waals surface area contributed by atoms with Crippen molar-refractivity contribution in [2.45, 2.75) is 20.4 Å². The van der Waals surface area contributed by atoms with Crippen LogP contribution in [0.3, 0.4) is 0 Å². The molecule has 0 aliphatic rings. The summed E-state index contributed by atoms with van der Waals surface area (Å²) in [6.07, 6.45) is 5.10. The molecule has 0 amide bonds. The molecule has 0 spiro atoms. The van der Waals surface area contributed by atoms with E-state index in [9.17, 15) is 0 Å². The molecular weight excluding hydrogens is 254 g/mol. The maximum absolute atomic E-state index is 5.59. The van der Waals surface area contributed by atoms with Gasteiger partial charge in [0.1, 0.15) is 6.33 Å². The second-order valence-corrected chi connectivity index (χ2v) is 4.13. The zero-order chi connectivity index (χ0) is 14.2. The highest BCUT2D eigenvalue weighted by atomic mass is 16.5. The third-order valence-corrected chi connectivity index (χ3v) is 2.65. The van der Waals surface area contributed by atoms with Crippen LogP contribution in [-0.4, -0.2) is 23.2 Å². The molecule has 2 rings (SSSR count). The van der Waals surface area contributed by atoms with Gasteiger partial charge < -0.3 is 14.8 Å². The van der Waals surface area contributed by atoms with Gasteiger partial charge in [0.2, 0.25) is 0 Å². The quantitative estimate of drug-likeness (QED) is 0.840. The van der Waals surface area contributed by atoms with Crippen LogP contribution in [-0.2, 0) is 6.54 Å². The van der Waals surface area contributed by atoms with Gasteiger partial charge in [-0.25, -0.2) is 9.97 Å². The maximum Gasteiger partial charge on any atom is 0.163 e. The van der Waals surface area contributed by atoms with Crippen molar-refractivity contribution in [1.82, 2.24) is 9.97 Å². The maximum atomic E-state index is 5.59. The summed E-state index contributed by atoms with van der Waals surface area (Å²) in [4.78, 5) is 7.97. The highest BCUT2D eigenvalue weighted by molar-refractivity contribution is 5.54. The Morgan fingerprint density at radius 1 is 1.00 bits per heavy atom. The first kappa shape index (κ1) is 14.1. The summed E-state index contributed by atoms with van der Waals surface area (Å²) in [6, 6.07) is 5.83. The Morgan fingerprint density at radius 3 is 2.40 bits per heavy atom. The SMILES string of the molecule is CCOc1ccc(NCc2cncnc2)cc1OCC. The van der Waals surface area contributed by atoms with Gasteiger partial charge in [0.05, 0.1) is 13.2 Å². The Kier molecular flexibility index (Phi) is 5.17. The molecular formula is C15H19N3O2. The van der Waals surface area contributed by atoms with E-state index in [1.54, 1.807) is 12.4 Å². The van der Waals surface area contributed by atoms with Gasteiger partial charge in [-0.2, -0.15) is 0 Å². The lowest BCUT2D eigenvalue weighted by atomic mass is 10.2. The number of hydrogen-bond acceptors (Lipinski definition) is 5. The van der Waals surface area contributed by atoms with Crippen LogP contribution in [0.15, 0.2) is 36.9 Å². The van der Waals surface area contributed by atoms with Crippen LogP contribution in [0, 0.1) is 0 Å². The molecule has 1 aromatic heterocycles. The lowest BCUT2D eigenvalue weighted by Gasteiger charge is -2.13. The first-order chi connectivity index (χ1) is 9.83. The Hall–Kier alpha value is -2.30. The van der Waals surface area contributed by atoms with E-state index in [4.69, 9.17) is 9.47 Å². The number of anilines is 1. The molecule has 0 atom stereocenters. The van der Waals surface area contributed by atoms with Crippen molar-refractivity contribution < 1.29 is 9.47 Å². The minimum atomic E-state index is 0.607. The minimum absolute atomic E-state index is 0.607. The summed E-state index contributed by atoms with van der Waals surface area (Å²) < 4.78 is 11.1. The van der Waals surface area contributed by atoms with Crippen LogP contribution < -0.4 is 14.8 Å². The van der Waals surface area contributed by atoms with Crippen LogP contribution in [0.1, 0.15) is 19.4 Å². The molecule has 0 saturated carbocycles. The fourth-order valence-corrected chi connectivity index (χ4v) is 1.79. The molecule has 20 heavy (non-hydrogen) atoms. The fourth-order valence-electron chi connectivity index (χ4n) is 1.79. The summed E-state index contributed by atoms with van der Waals surface area (Å²) >= 11 is 0. The van der Waals surface area contributed by atoms with Crippen molar-refractivity contribution in [1.29, 1.82) is 0 Å². The average molecular weight is 273 g/mol. The van der Waals surface area contributed by atoms with Gasteiger partial charge in [0, 0.05) is 36.3 Å². The molecule has 1 N–H and O–H groups in total. The van der Waals surface area contributed by atoms with Crippen molar-refractivity contribution >= 4 is 5.69 Å².